The van der Waals surface area contributed by atoms with E-state index in [1.807, 2.05) is 30.3 Å². The van der Waals surface area contributed by atoms with Crippen molar-refractivity contribution in [1.82, 2.24) is 0 Å². The molecule has 0 heterocycles. The number of hydrogen-bond acceptors (Lipinski definition) is 1. The molecular weight excluding hydrogens is 308 g/mol. The molecule has 24 heavy (non-hydrogen) atoms. The highest BCUT2D eigenvalue weighted by atomic mass is 28.2. The molecule has 0 unspecified atom stereocenters. The summed E-state index contributed by atoms with van der Waals surface area (Å²) in [5, 5.41) is 0.0958. The molecule has 0 aliphatic carbocycles. The Bertz CT molecular complexity index is 699. The molecule has 3 aromatic rings. The Kier molecular flexibility index (Phi) is 5.16. The number of rotatable bonds is 6. The smallest absolute Gasteiger partial charge is 0.226 e. The maximum Gasteiger partial charge on any atom is 0.226 e. The molecule has 3 rings (SSSR count). The molecule has 0 aliphatic rings. The standard InChI is InChI=1S/C22H24OSi/c1-22(2,24-23-20-16-10-5-11-17-20)21(18-12-6-3-7-13-18)19-14-8-4-9-15-19/h3-17,21H,24H2,1-2H3. The van der Waals surface area contributed by atoms with Crippen molar-refractivity contribution < 1.29 is 4.43 Å². The van der Waals surface area contributed by atoms with Gasteiger partial charge in [0.25, 0.3) is 0 Å². The quantitative estimate of drug-likeness (QED) is 0.565. The van der Waals surface area contributed by atoms with Gasteiger partial charge in [-0.3, -0.25) is 0 Å². The predicted molar refractivity (Wildman–Crippen MR) is 104 cm³/mol. The van der Waals surface area contributed by atoms with E-state index >= 15 is 0 Å². The minimum Gasteiger partial charge on any atom is -0.549 e. The lowest BCUT2D eigenvalue weighted by atomic mass is 9.82. The second kappa shape index (κ2) is 7.50. The van der Waals surface area contributed by atoms with Gasteiger partial charge in [0.1, 0.15) is 5.75 Å². The normalized spacial score (nSPS) is 12.0. The van der Waals surface area contributed by atoms with Crippen molar-refractivity contribution in [3.8, 4) is 5.75 Å². The van der Waals surface area contributed by atoms with Gasteiger partial charge in [-0.1, -0.05) is 92.7 Å². The molecule has 0 bridgehead atoms. The van der Waals surface area contributed by atoms with Crippen LogP contribution in [-0.4, -0.2) is 9.76 Å². The van der Waals surface area contributed by atoms with E-state index in [1.165, 1.54) is 11.1 Å². The Morgan fingerprint density at radius 2 is 1.08 bits per heavy atom. The number of benzene rings is 3. The van der Waals surface area contributed by atoms with Gasteiger partial charge in [0.05, 0.1) is 0 Å². The van der Waals surface area contributed by atoms with Crippen molar-refractivity contribution in [2.45, 2.75) is 24.8 Å². The molecule has 0 spiro atoms. The summed E-state index contributed by atoms with van der Waals surface area (Å²) < 4.78 is 6.23. The van der Waals surface area contributed by atoms with Gasteiger partial charge in [0.2, 0.25) is 9.76 Å². The third-order valence-electron chi connectivity index (χ3n) is 4.40. The lowest BCUT2D eigenvalue weighted by Gasteiger charge is -2.34. The summed E-state index contributed by atoms with van der Waals surface area (Å²) in [5.41, 5.74) is 2.72. The Labute approximate surface area is 147 Å². The largest absolute Gasteiger partial charge is 0.549 e. The van der Waals surface area contributed by atoms with E-state index in [4.69, 9.17) is 4.43 Å². The van der Waals surface area contributed by atoms with Gasteiger partial charge in [-0.2, -0.15) is 0 Å². The minimum atomic E-state index is -0.794. The molecule has 0 N–H and O–H groups in total. The first kappa shape index (κ1) is 16.5. The van der Waals surface area contributed by atoms with Crippen LogP contribution in [0.25, 0.3) is 0 Å². The summed E-state index contributed by atoms with van der Waals surface area (Å²) in [5.74, 6) is 1.33. The topological polar surface area (TPSA) is 9.23 Å². The van der Waals surface area contributed by atoms with Crippen molar-refractivity contribution in [2.75, 3.05) is 0 Å². The van der Waals surface area contributed by atoms with Crippen LogP contribution >= 0.6 is 0 Å². The highest BCUT2D eigenvalue weighted by Gasteiger charge is 2.33. The van der Waals surface area contributed by atoms with Crippen LogP contribution in [0.4, 0.5) is 0 Å². The van der Waals surface area contributed by atoms with E-state index in [0.717, 1.165) is 5.75 Å². The maximum absolute atomic E-state index is 6.23. The summed E-state index contributed by atoms with van der Waals surface area (Å²) in [6.45, 7) is 4.68. The van der Waals surface area contributed by atoms with Crippen LogP contribution in [0.15, 0.2) is 91.0 Å². The van der Waals surface area contributed by atoms with Crippen LogP contribution in [0.5, 0.6) is 5.75 Å². The fourth-order valence-electron chi connectivity index (χ4n) is 3.26. The average molecular weight is 333 g/mol. The average Bonchev–Trinajstić information content (AvgIpc) is 2.63. The van der Waals surface area contributed by atoms with E-state index in [-0.39, 0.29) is 5.04 Å². The van der Waals surface area contributed by atoms with E-state index in [9.17, 15) is 0 Å². The first-order chi connectivity index (χ1) is 11.7. The highest BCUT2D eigenvalue weighted by Crippen LogP contribution is 2.45. The molecule has 0 saturated heterocycles. The van der Waals surface area contributed by atoms with Crippen molar-refractivity contribution in [3.63, 3.8) is 0 Å². The Morgan fingerprint density at radius 1 is 0.667 bits per heavy atom. The van der Waals surface area contributed by atoms with Crippen molar-refractivity contribution in [2.24, 2.45) is 0 Å². The minimum absolute atomic E-state index is 0.0958. The van der Waals surface area contributed by atoms with Crippen molar-refractivity contribution in [1.29, 1.82) is 0 Å². The van der Waals surface area contributed by atoms with Gasteiger partial charge >= 0.3 is 0 Å². The maximum atomic E-state index is 6.23. The van der Waals surface area contributed by atoms with Gasteiger partial charge in [0, 0.05) is 5.92 Å². The zero-order chi connectivity index (χ0) is 16.8. The third kappa shape index (κ3) is 3.95. The molecule has 3 aromatic carbocycles. The number of para-hydroxylation sites is 1. The molecule has 0 atom stereocenters. The van der Waals surface area contributed by atoms with E-state index < -0.39 is 9.76 Å². The molecule has 1 nitrogen and oxygen atoms in total. The fraction of sp³-hybridized carbons (Fsp3) is 0.182. The van der Waals surface area contributed by atoms with Crippen LogP contribution in [0.1, 0.15) is 30.9 Å². The zero-order valence-electron chi connectivity index (χ0n) is 14.4. The monoisotopic (exact) mass is 332 g/mol. The molecule has 0 aliphatic heterocycles. The van der Waals surface area contributed by atoms with Crippen LogP contribution in [0, 0.1) is 0 Å². The molecular formula is C22H24OSi. The van der Waals surface area contributed by atoms with Crippen molar-refractivity contribution >= 4 is 9.76 Å². The molecule has 0 saturated carbocycles. The van der Waals surface area contributed by atoms with E-state index in [0.29, 0.717) is 5.92 Å². The number of hydrogen-bond donors (Lipinski definition) is 0. The fourth-order valence-corrected chi connectivity index (χ4v) is 4.62. The van der Waals surface area contributed by atoms with Gasteiger partial charge in [-0.05, 0) is 28.3 Å². The van der Waals surface area contributed by atoms with Gasteiger partial charge in [0.15, 0.2) is 0 Å². The van der Waals surface area contributed by atoms with Crippen LogP contribution in [0.3, 0.4) is 0 Å². The molecule has 122 valence electrons. The molecule has 2 heteroatoms. The first-order valence-electron chi connectivity index (χ1n) is 8.44. The lowest BCUT2D eigenvalue weighted by Crippen LogP contribution is -2.27. The summed E-state index contributed by atoms with van der Waals surface area (Å²) in [6, 6.07) is 31.8. The molecule has 0 fully saturated rings. The highest BCUT2D eigenvalue weighted by molar-refractivity contribution is 6.33. The van der Waals surface area contributed by atoms with E-state index in [2.05, 4.69) is 74.5 Å². The summed E-state index contributed by atoms with van der Waals surface area (Å²) >= 11 is 0. The SMILES string of the molecule is CC(C)([SiH2]Oc1ccccc1)C(c1ccccc1)c1ccccc1. The second-order valence-electron chi connectivity index (χ2n) is 6.84. The predicted octanol–water partition coefficient (Wildman–Crippen LogP) is 5.18. The second-order valence-corrected chi connectivity index (χ2v) is 9.24. The van der Waals surface area contributed by atoms with Gasteiger partial charge < -0.3 is 4.43 Å². The van der Waals surface area contributed by atoms with Crippen molar-refractivity contribution in [3.05, 3.63) is 102 Å². The summed E-state index contributed by atoms with van der Waals surface area (Å²) in [6.07, 6.45) is 0. The molecule has 0 aromatic heterocycles. The Morgan fingerprint density at radius 3 is 1.54 bits per heavy atom. The van der Waals surface area contributed by atoms with Gasteiger partial charge in [-0.25, -0.2) is 0 Å². The third-order valence-corrected chi connectivity index (χ3v) is 6.03. The zero-order valence-corrected chi connectivity index (χ0v) is 15.8. The van der Waals surface area contributed by atoms with Crippen LogP contribution in [-0.2, 0) is 0 Å². The first-order valence-corrected chi connectivity index (χ1v) is 9.73. The molecule has 0 radical (unpaired) electrons. The molecule has 0 amide bonds. The van der Waals surface area contributed by atoms with E-state index in [1.54, 1.807) is 0 Å². The summed E-state index contributed by atoms with van der Waals surface area (Å²) in [7, 11) is -0.794. The van der Waals surface area contributed by atoms with Gasteiger partial charge in [-0.15, -0.1) is 0 Å². The summed E-state index contributed by atoms with van der Waals surface area (Å²) in [4.78, 5) is 0. The Hall–Kier alpha value is -2.32. The van der Waals surface area contributed by atoms with Crippen LogP contribution < -0.4 is 4.43 Å². The Balaban J connectivity index is 1.89. The van der Waals surface area contributed by atoms with Crippen LogP contribution in [0.2, 0.25) is 5.04 Å². The lowest BCUT2D eigenvalue weighted by molar-refractivity contribution is 0.492.